The number of nitrogens with zero attached hydrogens (tertiary/aromatic N) is 6. The van der Waals surface area contributed by atoms with Gasteiger partial charge in [0.05, 0.1) is 0 Å². The van der Waals surface area contributed by atoms with Gasteiger partial charge in [-0.1, -0.05) is 5.10 Å². The molecular weight excluding hydrogens is 310 g/mol. The first kappa shape index (κ1) is 15.9. The summed E-state index contributed by atoms with van der Waals surface area (Å²) in [6.07, 6.45) is 3.41. The normalized spacial score (nSPS) is 11.4. The maximum atomic E-state index is 12.3. The van der Waals surface area contributed by atoms with Gasteiger partial charge in [0.2, 0.25) is 0 Å². The molecule has 3 heterocycles. The van der Waals surface area contributed by atoms with Crippen LogP contribution in [0.25, 0.3) is 11.6 Å². The van der Waals surface area contributed by atoms with Crippen LogP contribution in [-0.2, 0) is 0 Å². The summed E-state index contributed by atoms with van der Waals surface area (Å²) in [5.74, 6) is -0.105. The molecule has 9 heteroatoms. The predicted octanol–water partition coefficient (Wildman–Crippen LogP) is 2.54. The first-order valence-corrected chi connectivity index (χ1v) is 7.69. The molecule has 0 saturated heterocycles. The molecule has 3 aromatic heterocycles. The zero-order valence-electron chi connectivity index (χ0n) is 14.0. The lowest BCUT2D eigenvalue weighted by molar-refractivity contribution is 0.101. The molecule has 3 aromatic rings. The van der Waals surface area contributed by atoms with Crippen LogP contribution in [0, 0.1) is 0 Å². The van der Waals surface area contributed by atoms with Crippen molar-refractivity contribution in [2.45, 2.75) is 39.8 Å². The number of rotatable bonds is 5. The lowest BCUT2D eigenvalue weighted by atomic mass is 10.3. The molecule has 0 aliphatic rings. The van der Waals surface area contributed by atoms with Crippen molar-refractivity contribution in [3.05, 3.63) is 30.2 Å². The summed E-state index contributed by atoms with van der Waals surface area (Å²) in [5.41, 5.74) is 0.984. The van der Waals surface area contributed by atoms with Crippen molar-refractivity contribution < 1.29 is 9.21 Å². The van der Waals surface area contributed by atoms with Crippen LogP contribution < -0.4 is 5.32 Å². The molecule has 126 valence electrons. The zero-order chi connectivity index (χ0) is 17.3. The highest BCUT2D eigenvalue weighted by Crippen LogP contribution is 2.19. The summed E-state index contributed by atoms with van der Waals surface area (Å²) < 4.78 is 8.88. The molecule has 0 aliphatic carbocycles. The van der Waals surface area contributed by atoms with Crippen molar-refractivity contribution in [1.29, 1.82) is 0 Å². The lowest BCUT2D eigenvalue weighted by Crippen LogP contribution is -2.19. The van der Waals surface area contributed by atoms with E-state index < -0.39 is 0 Å². The van der Waals surface area contributed by atoms with Crippen LogP contribution in [-0.4, -0.2) is 35.7 Å². The topological polar surface area (TPSA) is 104 Å². The highest BCUT2D eigenvalue weighted by molar-refractivity contribution is 6.01. The van der Waals surface area contributed by atoms with E-state index in [2.05, 4.69) is 25.7 Å². The SMILES string of the molecule is CC(C)n1ccc(-c2nnc(NC(=O)c3ccnn3C(C)C)o2)n1. The predicted molar refractivity (Wildman–Crippen MR) is 86.5 cm³/mol. The van der Waals surface area contributed by atoms with E-state index >= 15 is 0 Å². The van der Waals surface area contributed by atoms with Gasteiger partial charge >= 0.3 is 6.01 Å². The Hall–Kier alpha value is -2.97. The standard InChI is InChI=1S/C15H19N7O2/c1-9(2)21-8-6-11(20-21)14-18-19-15(24-14)17-13(23)12-5-7-16-22(12)10(3)4/h5-10H,1-4H3,(H,17,19,23). The number of hydrogen-bond acceptors (Lipinski definition) is 6. The van der Waals surface area contributed by atoms with E-state index in [1.165, 1.54) is 0 Å². The fourth-order valence-electron chi connectivity index (χ4n) is 2.18. The van der Waals surface area contributed by atoms with Crippen LogP contribution in [0.4, 0.5) is 6.01 Å². The average Bonchev–Trinajstić information content (AvgIpc) is 3.26. The van der Waals surface area contributed by atoms with Crippen LogP contribution in [0.5, 0.6) is 0 Å². The smallest absolute Gasteiger partial charge is 0.322 e. The van der Waals surface area contributed by atoms with Crippen LogP contribution in [0.3, 0.4) is 0 Å². The largest absolute Gasteiger partial charge is 0.401 e. The summed E-state index contributed by atoms with van der Waals surface area (Å²) in [4.78, 5) is 12.3. The minimum Gasteiger partial charge on any atom is -0.401 e. The molecule has 0 fully saturated rings. The molecule has 0 bridgehead atoms. The van der Waals surface area contributed by atoms with Crippen LogP contribution >= 0.6 is 0 Å². The quantitative estimate of drug-likeness (QED) is 0.771. The second-order valence-electron chi connectivity index (χ2n) is 5.90. The van der Waals surface area contributed by atoms with Crippen LogP contribution in [0.15, 0.2) is 28.9 Å². The summed E-state index contributed by atoms with van der Waals surface area (Å²) in [7, 11) is 0. The van der Waals surface area contributed by atoms with Crippen LogP contribution in [0.2, 0.25) is 0 Å². The number of aromatic nitrogens is 6. The second kappa shape index (κ2) is 6.26. The highest BCUT2D eigenvalue weighted by Gasteiger charge is 2.18. The van der Waals surface area contributed by atoms with Gasteiger partial charge in [-0.05, 0) is 39.8 Å². The Balaban J connectivity index is 1.76. The molecule has 0 radical (unpaired) electrons. The van der Waals surface area contributed by atoms with E-state index in [0.717, 1.165) is 0 Å². The van der Waals surface area contributed by atoms with Crippen molar-refractivity contribution in [3.8, 4) is 11.6 Å². The Kier molecular flexibility index (Phi) is 4.15. The third kappa shape index (κ3) is 3.05. The molecule has 24 heavy (non-hydrogen) atoms. The third-order valence-electron chi connectivity index (χ3n) is 3.39. The molecule has 0 atom stereocenters. The summed E-state index contributed by atoms with van der Waals surface area (Å²) in [5, 5.41) is 18.8. The maximum Gasteiger partial charge on any atom is 0.322 e. The summed E-state index contributed by atoms with van der Waals surface area (Å²) in [6.45, 7) is 7.93. The molecule has 1 amide bonds. The van der Waals surface area contributed by atoms with Gasteiger partial charge < -0.3 is 4.42 Å². The van der Waals surface area contributed by atoms with Crippen LogP contribution in [0.1, 0.15) is 50.3 Å². The molecule has 9 nitrogen and oxygen atoms in total. The van der Waals surface area contributed by atoms with Gasteiger partial charge in [-0.2, -0.15) is 10.2 Å². The van der Waals surface area contributed by atoms with E-state index in [-0.39, 0.29) is 29.9 Å². The fraction of sp³-hybridized carbons (Fsp3) is 0.400. The number of nitrogens with one attached hydrogen (secondary N) is 1. The van der Waals surface area contributed by atoms with E-state index in [9.17, 15) is 4.79 Å². The fourth-order valence-corrected chi connectivity index (χ4v) is 2.18. The summed E-state index contributed by atoms with van der Waals surface area (Å²) >= 11 is 0. The minimum absolute atomic E-state index is 0.0191. The van der Waals surface area contributed by atoms with E-state index in [1.54, 1.807) is 27.7 Å². The number of anilines is 1. The zero-order valence-corrected chi connectivity index (χ0v) is 14.0. The first-order valence-electron chi connectivity index (χ1n) is 7.69. The number of carbonyl (C=O) groups excluding carboxylic acids is 1. The van der Waals surface area contributed by atoms with Gasteiger partial charge in [0.1, 0.15) is 11.4 Å². The first-order chi connectivity index (χ1) is 11.5. The third-order valence-corrected chi connectivity index (χ3v) is 3.39. The molecule has 0 aliphatic heterocycles. The van der Waals surface area contributed by atoms with Crippen molar-refractivity contribution in [2.75, 3.05) is 5.32 Å². The Morgan fingerprint density at radius 3 is 2.62 bits per heavy atom. The van der Waals surface area contributed by atoms with E-state index in [1.807, 2.05) is 33.9 Å². The lowest BCUT2D eigenvalue weighted by Gasteiger charge is -2.09. The Labute approximate surface area is 138 Å². The Morgan fingerprint density at radius 1 is 1.17 bits per heavy atom. The molecule has 3 rings (SSSR count). The van der Waals surface area contributed by atoms with Gasteiger partial charge in [-0.25, -0.2) is 0 Å². The summed E-state index contributed by atoms with van der Waals surface area (Å²) in [6, 6.07) is 3.74. The van der Waals surface area contributed by atoms with Gasteiger partial charge in [-0.15, -0.1) is 5.10 Å². The second-order valence-corrected chi connectivity index (χ2v) is 5.90. The Morgan fingerprint density at radius 2 is 1.96 bits per heavy atom. The van der Waals surface area contributed by atoms with Gasteiger partial charge in [0.15, 0.2) is 0 Å². The minimum atomic E-state index is -0.357. The van der Waals surface area contributed by atoms with E-state index in [4.69, 9.17) is 4.42 Å². The molecule has 1 N–H and O–H groups in total. The van der Waals surface area contributed by atoms with Crippen molar-refractivity contribution >= 4 is 11.9 Å². The molecular formula is C15H19N7O2. The van der Waals surface area contributed by atoms with Crippen molar-refractivity contribution in [3.63, 3.8) is 0 Å². The Bertz CT molecular complexity index is 844. The maximum absolute atomic E-state index is 12.3. The monoisotopic (exact) mass is 329 g/mol. The van der Waals surface area contributed by atoms with Gasteiger partial charge in [0.25, 0.3) is 11.8 Å². The molecule has 0 aromatic carbocycles. The van der Waals surface area contributed by atoms with Crippen molar-refractivity contribution in [2.24, 2.45) is 0 Å². The van der Waals surface area contributed by atoms with E-state index in [0.29, 0.717) is 11.4 Å². The molecule has 0 spiro atoms. The average molecular weight is 329 g/mol. The van der Waals surface area contributed by atoms with Crippen molar-refractivity contribution in [1.82, 2.24) is 29.8 Å². The van der Waals surface area contributed by atoms with Gasteiger partial charge in [-0.3, -0.25) is 19.5 Å². The van der Waals surface area contributed by atoms with Gasteiger partial charge in [0, 0.05) is 24.5 Å². The number of hydrogen-bond donors (Lipinski definition) is 1. The molecule has 0 unspecified atom stereocenters. The number of carbonyl (C=O) groups is 1. The number of amides is 1. The highest BCUT2D eigenvalue weighted by atomic mass is 16.4. The molecule has 0 saturated carbocycles.